The topological polar surface area (TPSA) is 87.6 Å². The Kier molecular flexibility index (Phi) is 3.65. The summed E-state index contributed by atoms with van der Waals surface area (Å²) in [4.78, 5) is 7.88. The first-order chi connectivity index (χ1) is 8.61. The number of aromatic nitrogens is 2. The van der Waals surface area contributed by atoms with E-state index in [1.165, 1.54) is 6.33 Å². The maximum atomic E-state index is 8.75. The van der Waals surface area contributed by atoms with E-state index in [2.05, 4.69) is 31.2 Å². The van der Waals surface area contributed by atoms with Crippen LogP contribution in [0.25, 0.3) is 0 Å². The lowest BCUT2D eigenvalue weighted by Crippen LogP contribution is -2.00. The van der Waals surface area contributed by atoms with Gasteiger partial charge in [0.1, 0.15) is 22.4 Å². The minimum atomic E-state index is 0.331. The number of hydrogen-bond donors (Lipinski definition) is 2. The summed E-state index contributed by atoms with van der Waals surface area (Å²) < 4.78 is 0.561. The van der Waals surface area contributed by atoms with Crippen LogP contribution in [0.2, 0.25) is 5.02 Å². The lowest BCUT2D eigenvalue weighted by atomic mass is 10.2. The van der Waals surface area contributed by atoms with Crippen LogP contribution in [-0.4, -0.2) is 9.97 Å². The summed E-state index contributed by atoms with van der Waals surface area (Å²) in [6.45, 7) is 0. The predicted octanol–water partition coefficient (Wildman–Crippen LogP) is 3.09. The molecule has 5 nitrogen and oxygen atoms in total. The van der Waals surface area contributed by atoms with Crippen molar-refractivity contribution in [1.29, 1.82) is 5.26 Å². The van der Waals surface area contributed by atoms with Gasteiger partial charge in [0.15, 0.2) is 0 Å². The molecule has 2 rings (SSSR count). The SMILES string of the molecule is N#Cc1ccc(Nc2ncnc(N)c2Br)c(Cl)c1. The minimum Gasteiger partial charge on any atom is -0.383 e. The third kappa shape index (κ3) is 2.53. The molecule has 0 aliphatic heterocycles. The van der Waals surface area contributed by atoms with Gasteiger partial charge in [0.25, 0.3) is 0 Å². The van der Waals surface area contributed by atoms with E-state index in [1.54, 1.807) is 18.2 Å². The van der Waals surface area contributed by atoms with Crippen molar-refractivity contribution in [2.45, 2.75) is 0 Å². The van der Waals surface area contributed by atoms with Crippen LogP contribution in [0.4, 0.5) is 17.3 Å². The molecule has 0 saturated heterocycles. The summed E-state index contributed by atoms with van der Waals surface area (Å²) in [6.07, 6.45) is 1.35. The number of nitrogens with zero attached hydrogens (tertiary/aromatic N) is 3. The first-order valence-electron chi connectivity index (χ1n) is 4.84. The summed E-state index contributed by atoms with van der Waals surface area (Å²) in [5.41, 5.74) is 6.77. The van der Waals surface area contributed by atoms with Gasteiger partial charge in [0.05, 0.1) is 22.3 Å². The number of anilines is 3. The molecule has 0 amide bonds. The standard InChI is InChI=1S/C11H7BrClN5/c12-9-10(15)16-5-17-11(9)18-8-2-1-6(4-14)3-7(8)13/h1-3,5H,(H3,15,16,17,18). The monoisotopic (exact) mass is 323 g/mol. The van der Waals surface area contributed by atoms with Gasteiger partial charge in [0, 0.05) is 0 Å². The molecule has 1 aromatic heterocycles. The van der Waals surface area contributed by atoms with Crippen LogP contribution in [0.1, 0.15) is 5.56 Å². The number of nitriles is 1. The molecule has 0 atom stereocenters. The van der Waals surface area contributed by atoms with Gasteiger partial charge in [-0.3, -0.25) is 0 Å². The first-order valence-corrected chi connectivity index (χ1v) is 6.01. The van der Waals surface area contributed by atoms with Crippen LogP contribution in [0.3, 0.4) is 0 Å². The van der Waals surface area contributed by atoms with Crippen molar-refractivity contribution in [3.8, 4) is 6.07 Å². The highest BCUT2D eigenvalue weighted by Gasteiger charge is 2.08. The number of nitrogens with two attached hydrogens (primary N) is 1. The van der Waals surface area contributed by atoms with E-state index >= 15 is 0 Å². The highest BCUT2D eigenvalue weighted by molar-refractivity contribution is 9.10. The zero-order chi connectivity index (χ0) is 13.1. The van der Waals surface area contributed by atoms with Crippen molar-refractivity contribution in [1.82, 2.24) is 9.97 Å². The molecule has 0 radical (unpaired) electrons. The maximum absolute atomic E-state index is 8.75. The summed E-state index contributed by atoms with van der Waals surface area (Å²) in [6, 6.07) is 6.94. The van der Waals surface area contributed by atoms with E-state index in [0.29, 0.717) is 32.4 Å². The second kappa shape index (κ2) is 5.21. The molecule has 2 aromatic rings. The fourth-order valence-corrected chi connectivity index (χ4v) is 1.82. The van der Waals surface area contributed by atoms with Gasteiger partial charge in [-0.15, -0.1) is 0 Å². The minimum absolute atomic E-state index is 0.331. The highest BCUT2D eigenvalue weighted by Crippen LogP contribution is 2.30. The summed E-state index contributed by atoms with van der Waals surface area (Å²) >= 11 is 9.33. The quantitative estimate of drug-likeness (QED) is 0.886. The van der Waals surface area contributed by atoms with Crippen molar-refractivity contribution < 1.29 is 0 Å². The number of nitrogen functional groups attached to an aromatic ring is 1. The largest absolute Gasteiger partial charge is 0.383 e. The molecule has 7 heteroatoms. The van der Waals surface area contributed by atoms with Crippen molar-refractivity contribution in [3.63, 3.8) is 0 Å². The van der Waals surface area contributed by atoms with Crippen molar-refractivity contribution in [2.24, 2.45) is 0 Å². The van der Waals surface area contributed by atoms with Crippen molar-refractivity contribution >= 4 is 44.9 Å². The molecular weight excluding hydrogens is 318 g/mol. The Morgan fingerprint density at radius 2 is 2.17 bits per heavy atom. The number of benzene rings is 1. The predicted molar refractivity (Wildman–Crippen MR) is 73.6 cm³/mol. The maximum Gasteiger partial charge on any atom is 0.150 e. The van der Waals surface area contributed by atoms with E-state index in [4.69, 9.17) is 22.6 Å². The first kappa shape index (κ1) is 12.6. The number of hydrogen-bond acceptors (Lipinski definition) is 5. The van der Waals surface area contributed by atoms with Gasteiger partial charge in [-0.25, -0.2) is 9.97 Å². The van der Waals surface area contributed by atoms with E-state index in [0.717, 1.165) is 0 Å². The molecule has 1 heterocycles. The van der Waals surface area contributed by atoms with Crippen LogP contribution in [-0.2, 0) is 0 Å². The van der Waals surface area contributed by atoms with Gasteiger partial charge in [0.2, 0.25) is 0 Å². The fourth-order valence-electron chi connectivity index (χ4n) is 1.28. The average molecular weight is 325 g/mol. The molecule has 0 spiro atoms. The molecule has 0 fully saturated rings. The van der Waals surface area contributed by atoms with Gasteiger partial charge in [-0.2, -0.15) is 5.26 Å². The summed E-state index contributed by atoms with van der Waals surface area (Å²) in [5, 5.41) is 12.2. The molecule has 3 N–H and O–H groups in total. The smallest absolute Gasteiger partial charge is 0.150 e. The van der Waals surface area contributed by atoms with Crippen molar-refractivity contribution in [2.75, 3.05) is 11.1 Å². The van der Waals surface area contributed by atoms with Crippen LogP contribution < -0.4 is 11.1 Å². The molecule has 0 unspecified atom stereocenters. The molecule has 0 saturated carbocycles. The van der Waals surface area contributed by atoms with E-state index < -0.39 is 0 Å². The van der Waals surface area contributed by atoms with E-state index in [1.807, 2.05) is 6.07 Å². The van der Waals surface area contributed by atoms with Crippen molar-refractivity contribution in [3.05, 3.63) is 39.6 Å². The summed E-state index contributed by atoms with van der Waals surface area (Å²) in [7, 11) is 0. The number of halogens is 2. The van der Waals surface area contributed by atoms with Crippen LogP contribution in [0.5, 0.6) is 0 Å². The van der Waals surface area contributed by atoms with Gasteiger partial charge >= 0.3 is 0 Å². The van der Waals surface area contributed by atoms with Crippen LogP contribution in [0, 0.1) is 11.3 Å². The zero-order valence-electron chi connectivity index (χ0n) is 8.98. The Balaban J connectivity index is 2.35. The summed E-state index contributed by atoms with van der Waals surface area (Å²) in [5.74, 6) is 0.839. The third-order valence-corrected chi connectivity index (χ3v) is 3.26. The molecule has 0 aliphatic rings. The normalized spacial score (nSPS) is 9.83. The molecule has 18 heavy (non-hydrogen) atoms. The van der Waals surface area contributed by atoms with Gasteiger partial charge in [-0.05, 0) is 34.1 Å². The van der Waals surface area contributed by atoms with Gasteiger partial charge < -0.3 is 11.1 Å². The van der Waals surface area contributed by atoms with E-state index in [9.17, 15) is 0 Å². The van der Waals surface area contributed by atoms with Crippen LogP contribution >= 0.6 is 27.5 Å². The molecule has 1 aromatic carbocycles. The second-order valence-corrected chi connectivity index (χ2v) is 4.55. The second-order valence-electron chi connectivity index (χ2n) is 3.35. The Bertz CT molecular complexity index is 638. The number of rotatable bonds is 2. The Hall–Kier alpha value is -1.84. The molecule has 0 aliphatic carbocycles. The van der Waals surface area contributed by atoms with Gasteiger partial charge in [-0.1, -0.05) is 11.6 Å². The number of nitrogens with one attached hydrogen (secondary N) is 1. The fraction of sp³-hybridized carbons (Fsp3) is 0. The Morgan fingerprint density at radius 1 is 1.39 bits per heavy atom. The molecular formula is C11H7BrClN5. The lowest BCUT2D eigenvalue weighted by Gasteiger charge is -2.09. The Labute approximate surface area is 117 Å². The molecule has 0 bridgehead atoms. The van der Waals surface area contributed by atoms with E-state index in [-0.39, 0.29) is 0 Å². The zero-order valence-corrected chi connectivity index (χ0v) is 11.3. The third-order valence-electron chi connectivity index (χ3n) is 2.17. The average Bonchev–Trinajstić information content (AvgIpc) is 2.37. The lowest BCUT2D eigenvalue weighted by molar-refractivity contribution is 1.16. The molecule has 90 valence electrons. The highest BCUT2D eigenvalue weighted by atomic mass is 79.9. The van der Waals surface area contributed by atoms with Crippen LogP contribution in [0.15, 0.2) is 29.0 Å². The Morgan fingerprint density at radius 3 is 2.83 bits per heavy atom.